The van der Waals surface area contributed by atoms with E-state index in [1.54, 1.807) is 5.37 Å². The van der Waals surface area contributed by atoms with Crippen molar-refractivity contribution in [3.63, 3.8) is 0 Å². The van der Waals surface area contributed by atoms with Gasteiger partial charge in [-0.15, -0.1) is 0 Å². The zero-order valence-electron chi connectivity index (χ0n) is 9.10. The van der Waals surface area contributed by atoms with E-state index in [9.17, 15) is 0 Å². The third kappa shape index (κ3) is 3.01. The Morgan fingerprint density at radius 1 is 0.750 bits per heavy atom. The van der Waals surface area contributed by atoms with Crippen molar-refractivity contribution in [2.75, 3.05) is 0 Å². The Morgan fingerprint density at radius 2 is 1.31 bits per heavy atom. The third-order valence-electron chi connectivity index (χ3n) is 2.66. The van der Waals surface area contributed by atoms with E-state index in [0.29, 0.717) is 0 Å². The molecule has 80 valence electrons. The number of benzene rings is 2. The van der Waals surface area contributed by atoms with E-state index in [2.05, 4.69) is 54.6 Å². The lowest BCUT2D eigenvalue weighted by Crippen LogP contribution is -1.91. The number of hydrogen-bond donors (Lipinski definition) is 0. The molecule has 2 aromatic rings. The zero-order chi connectivity index (χ0) is 11.2. The molecule has 0 heterocycles. The molecule has 0 aliphatic heterocycles. The number of rotatable bonds is 4. The van der Waals surface area contributed by atoms with E-state index in [0.717, 1.165) is 18.4 Å². The fourth-order valence-corrected chi connectivity index (χ4v) is 1.85. The first-order valence-corrected chi connectivity index (χ1v) is 5.93. The summed E-state index contributed by atoms with van der Waals surface area (Å²) in [6, 6.07) is 19.0. The van der Waals surface area contributed by atoms with E-state index in [1.807, 2.05) is 0 Å². The van der Waals surface area contributed by atoms with Gasteiger partial charge in [-0.25, -0.2) is 0 Å². The van der Waals surface area contributed by atoms with Crippen LogP contribution in [0.1, 0.15) is 16.7 Å². The normalized spacial score (nSPS) is 10.0. The molecule has 0 atom stereocenters. The molecule has 0 bridgehead atoms. The van der Waals surface area contributed by atoms with Crippen LogP contribution in [-0.4, -0.2) is 5.37 Å². The summed E-state index contributed by atoms with van der Waals surface area (Å²) in [5, 5.41) is 1.71. The molecular weight excluding hydrogens is 212 g/mol. The molecule has 0 aliphatic carbocycles. The van der Waals surface area contributed by atoms with Gasteiger partial charge >= 0.3 is 0 Å². The maximum Gasteiger partial charge on any atom is 0.00861 e. The van der Waals surface area contributed by atoms with Crippen LogP contribution in [-0.2, 0) is 12.8 Å². The lowest BCUT2D eigenvalue weighted by Gasteiger charge is -2.02. The standard InChI is InChI=1S/C15H14S/c16-12-15-10-8-14(9-11-15)7-6-13-4-2-1-3-5-13/h1-5,8-12H,6-7H2. The van der Waals surface area contributed by atoms with Gasteiger partial charge in [0.05, 0.1) is 0 Å². The van der Waals surface area contributed by atoms with Gasteiger partial charge in [-0.2, -0.15) is 0 Å². The van der Waals surface area contributed by atoms with Crippen molar-refractivity contribution in [2.24, 2.45) is 0 Å². The van der Waals surface area contributed by atoms with Gasteiger partial charge < -0.3 is 0 Å². The van der Waals surface area contributed by atoms with Gasteiger partial charge in [-0.1, -0.05) is 66.8 Å². The highest BCUT2D eigenvalue weighted by molar-refractivity contribution is 7.79. The highest BCUT2D eigenvalue weighted by atomic mass is 32.1. The molecule has 2 aromatic carbocycles. The van der Waals surface area contributed by atoms with Crippen LogP contribution in [0.4, 0.5) is 0 Å². The quantitative estimate of drug-likeness (QED) is 0.714. The molecule has 0 N–H and O–H groups in total. The second-order valence-electron chi connectivity index (χ2n) is 3.85. The lowest BCUT2D eigenvalue weighted by atomic mass is 10.0. The summed E-state index contributed by atoms with van der Waals surface area (Å²) in [4.78, 5) is 0. The third-order valence-corrected chi connectivity index (χ3v) is 2.93. The second kappa shape index (κ2) is 5.57. The molecule has 1 heteroatoms. The molecule has 0 aromatic heterocycles. The fraction of sp³-hybridized carbons (Fsp3) is 0.133. The molecule has 0 saturated heterocycles. The van der Waals surface area contributed by atoms with Gasteiger partial charge in [0.2, 0.25) is 0 Å². The molecule has 0 spiro atoms. The van der Waals surface area contributed by atoms with Gasteiger partial charge in [-0.3, -0.25) is 0 Å². The molecule has 2 rings (SSSR count). The average molecular weight is 226 g/mol. The van der Waals surface area contributed by atoms with Gasteiger partial charge in [0.15, 0.2) is 0 Å². The van der Waals surface area contributed by atoms with Crippen LogP contribution in [0.15, 0.2) is 54.6 Å². The fourth-order valence-electron chi connectivity index (χ4n) is 1.70. The first-order chi connectivity index (χ1) is 7.88. The molecular formula is C15H14S. The van der Waals surface area contributed by atoms with Crippen LogP contribution in [0.3, 0.4) is 0 Å². The Bertz CT molecular complexity index is 443. The summed E-state index contributed by atoms with van der Waals surface area (Å²) in [5.74, 6) is 0. The van der Waals surface area contributed by atoms with E-state index in [4.69, 9.17) is 12.2 Å². The Hall–Kier alpha value is -1.47. The Morgan fingerprint density at radius 3 is 1.88 bits per heavy atom. The molecule has 0 aliphatic rings. The largest absolute Gasteiger partial charge is 0.0881 e. The van der Waals surface area contributed by atoms with Crippen molar-refractivity contribution >= 4 is 17.6 Å². The minimum Gasteiger partial charge on any atom is -0.0881 e. The predicted octanol–water partition coefficient (Wildman–Crippen LogP) is 3.82. The highest BCUT2D eigenvalue weighted by Gasteiger charge is 1.95. The highest BCUT2D eigenvalue weighted by Crippen LogP contribution is 2.08. The molecule has 0 saturated carbocycles. The van der Waals surface area contributed by atoms with Crippen LogP contribution in [0.2, 0.25) is 0 Å². The molecule has 0 unspecified atom stereocenters. The van der Waals surface area contributed by atoms with Crippen LogP contribution >= 0.6 is 12.2 Å². The van der Waals surface area contributed by atoms with Crippen molar-refractivity contribution in [1.29, 1.82) is 0 Å². The molecule has 0 radical (unpaired) electrons. The summed E-state index contributed by atoms with van der Waals surface area (Å²) < 4.78 is 0. The topological polar surface area (TPSA) is 0 Å². The summed E-state index contributed by atoms with van der Waals surface area (Å²) >= 11 is 4.88. The predicted molar refractivity (Wildman–Crippen MR) is 73.0 cm³/mol. The zero-order valence-corrected chi connectivity index (χ0v) is 9.91. The van der Waals surface area contributed by atoms with E-state index in [1.165, 1.54) is 11.1 Å². The maximum atomic E-state index is 4.88. The summed E-state index contributed by atoms with van der Waals surface area (Å²) in [6.45, 7) is 0. The lowest BCUT2D eigenvalue weighted by molar-refractivity contribution is 0.960. The second-order valence-corrected chi connectivity index (χ2v) is 4.08. The van der Waals surface area contributed by atoms with Gasteiger partial charge in [0.25, 0.3) is 0 Å². The SMILES string of the molecule is S=Cc1ccc(CCc2ccccc2)cc1. The molecule has 0 fully saturated rings. The number of aryl methyl sites for hydroxylation is 2. The van der Waals surface area contributed by atoms with Crippen molar-refractivity contribution in [2.45, 2.75) is 12.8 Å². The number of thiocarbonyl (C=S) groups is 1. The first-order valence-electron chi connectivity index (χ1n) is 5.46. The van der Waals surface area contributed by atoms with E-state index in [-0.39, 0.29) is 0 Å². The van der Waals surface area contributed by atoms with Crippen LogP contribution < -0.4 is 0 Å². The Labute approximate surface area is 102 Å². The molecule has 0 nitrogen and oxygen atoms in total. The van der Waals surface area contributed by atoms with Crippen molar-refractivity contribution in [3.8, 4) is 0 Å². The summed E-state index contributed by atoms with van der Waals surface area (Å²) in [5.41, 5.74) is 3.87. The van der Waals surface area contributed by atoms with Gasteiger partial charge in [0.1, 0.15) is 0 Å². The monoisotopic (exact) mass is 226 g/mol. The van der Waals surface area contributed by atoms with E-state index >= 15 is 0 Å². The van der Waals surface area contributed by atoms with Crippen LogP contribution in [0.25, 0.3) is 0 Å². The maximum absolute atomic E-state index is 4.88. The van der Waals surface area contributed by atoms with Crippen LogP contribution in [0.5, 0.6) is 0 Å². The van der Waals surface area contributed by atoms with Crippen molar-refractivity contribution < 1.29 is 0 Å². The van der Waals surface area contributed by atoms with Crippen LogP contribution in [0, 0.1) is 0 Å². The average Bonchev–Trinajstić information content (AvgIpc) is 2.38. The van der Waals surface area contributed by atoms with Crippen molar-refractivity contribution in [3.05, 3.63) is 71.3 Å². The first kappa shape index (κ1) is 11.0. The van der Waals surface area contributed by atoms with Crippen molar-refractivity contribution in [1.82, 2.24) is 0 Å². The Kier molecular flexibility index (Phi) is 3.84. The van der Waals surface area contributed by atoms with Gasteiger partial charge in [-0.05, 0) is 29.5 Å². The summed E-state index contributed by atoms with van der Waals surface area (Å²) in [7, 11) is 0. The minimum atomic E-state index is 1.09. The Balaban J connectivity index is 1.97. The van der Waals surface area contributed by atoms with Gasteiger partial charge in [0, 0.05) is 5.37 Å². The minimum absolute atomic E-state index is 1.09. The summed E-state index contributed by atoms with van der Waals surface area (Å²) in [6.07, 6.45) is 2.18. The molecule has 0 amide bonds. The molecule has 16 heavy (non-hydrogen) atoms. The number of hydrogen-bond acceptors (Lipinski definition) is 1. The smallest absolute Gasteiger partial charge is 0.00861 e. The van der Waals surface area contributed by atoms with E-state index < -0.39 is 0 Å².